The molecule has 1 aromatic rings. The molecular formula is C19H25NO2. The summed E-state index contributed by atoms with van der Waals surface area (Å²) in [6.45, 7) is 4.54. The SMILES string of the molecule is COc1ccc2c(c1)C(=O)C1(CC2)CCN(C2(C)CC2)CC1. The number of carbonyl (C=O) groups is 1. The summed E-state index contributed by atoms with van der Waals surface area (Å²) in [4.78, 5) is 15.8. The molecule has 2 fully saturated rings. The first kappa shape index (κ1) is 14.3. The highest BCUT2D eigenvalue weighted by Gasteiger charge is 2.50. The number of methoxy groups -OCH3 is 1. The highest BCUT2D eigenvalue weighted by atomic mass is 16.5. The Morgan fingerprint density at radius 1 is 1.09 bits per heavy atom. The summed E-state index contributed by atoms with van der Waals surface area (Å²) in [6, 6.07) is 5.99. The van der Waals surface area contributed by atoms with Crippen molar-refractivity contribution in [3.8, 4) is 5.75 Å². The number of rotatable bonds is 2. The lowest BCUT2D eigenvalue weighted by Gasteiger charge is -2.45. The largest absolute Gasteiger partial charge is 0.497 e. The first-order valence-corrected chi connectivity index (χ1v) is 8.53. The average molecular weight is 299 g/mol. The zero-order valence-electron chi connectivity index (χ0n) is 13.7. The Kier molecular flexibility index (Phi) is 3.12. The third kappa shape index (κ3) is 2.10. The lowest BCUT2D eigenvalue weighted by molar-refractivity contribution is 0.0432. The average Bonchev–Trinajstić information content (AvgIpc) is 3.30. The molecule has 3 nitrogen and oxygen atoms in total. The second kappa shape index (κ2) is 4.82. The van der Waals surface area contributed by atoms with Gasteiger partial charge in [-0.1, -0.05) is 6.07 Å². The number of ether oxygens (including phenoxy) is 1. The molecule has 1 aromatic carbocycles. The van der Waals surface area contributed by atoms with Crippen LogP contribution in [0.1, 0.15) is 54.9 Å². The summed E-state index contributed by atoms with van der Waals surface area (Å²) >= 11 is 0. The minimum absolute atomic E-state index is 0.110. The fourth-order valence-electron chi connectivity index (χ4n) is 4.33. The number of hydrogen-bond acceptors (Lipinski definition) is 3. The van der Waals surface area contributed by atoms with Crippen molar-refractivity contribution < 1.29 is 9.53 Å². The van der Waals surface area contributed by atoms with Crippen LogP contribution in [0.5, 0.6) is 5.75 Å². The number of ketones is 1. The summed E-state index contributed by atoms with van der Waals surface area (Å²) in [6.07, 6.45) is 6.76. The molecule has 0 amide bonds. The Morgan fingerprint density at radius 2 is 1.82 bits per heavy atom. The molecule has 0 N–H and O–H groups in total. The Balaban J connectivity index is 1.58. The van der Waals surface area contributed by atoms with Gasteiger partial charge in [-0.05, 0) is 76.2 Å². The molecule has 118 valence electrons. The van der Waals surface area contributed by atoms with Gasteiger partial charge in [0.1, 0.15) is 5.75 Å². The number of aryl methyl sites for hydroxylation is 1. The number of likely N-dealkylation sites (tertiary alicyclic amines) is 1. The minimum atomic E-state index is -0.110. The predicted molar refractivity (Wildman–Crippen MR) is 86.5 cm³/mol. The van der Waals surface area contributed by atoms with Crippen LogP contribution in [0.4, 0.5) is 0 Å². The van der Waals surface area contributed by atoms with E-state index < -0.39 is 0 Å². The quantitative estimate of drug-likeness (QED) is 0.837. The molecule has 22 heavy (non-hydrogen) atoms. The Labute approximate surface area is 132 Å². The number of fused-ring (bicyclic) bond motifs is 1. The van der Waals surface area contributed by atoms with Crippen LogP contribution in [0.3, 0.4) is 0 Å². The van der Waals surface area contributed by atoms with Gasteiger partial charge < -0.3 is 4.74 Å². The molecule has 0 aromatic heterocycles. The molecule has 1 saturated heterocycles. The van der Waals surface area contributed by atoms with Crippen LogP contribution >= 0.6 is 0 Å². The molecule has 0 radical (unpaired) electrons. The van der Waals surface area contributed by atoms with Crippen molar-refractivity contribution in [1.82, 2.24) is 4.90 Å². The van der Waals surface area contributed by atoms with Crippen molar-refractivity contribution in [3.63, 3.8) is 0 Å². The van der Waals surface area contributed by atoms with Gasteiger partial charge in [0, 0.05) is 16.5 Å². The molecular weight excluding hydrogens is 274 g/mol. The minimum Gasteiger partial charge on any atom is -0.497 e. The fourth-order valence-corrected chi connectivity index (χ4v) is 4.33. The van der Waals surface area contributed by atoms with Gasteiger partial charge in [-0.25, -0.2) is 0 Å². The van der Waals surface area contributed by atoms with Gasteiger partial charge in [0.05, 0.1) is 7.11 Å². The first-order chi connectivity index (χ1) is 10.6. The van der Waals surface area contributed by atoms with E-state index >= 15 is 0 Å². The van der Waals surface area contributed by atoms with Crippen LogP contribution in [0.15, 0.2) is 18.2 Å². The Hall–Kier alpha value is -1.35. The number of nitrogens with zero attached hydrogens (tertiary/aromatic N) is 1. The van der Waals surface area contributed by atoms with Gasteiger partial charge in [-0.2, -0.15) is 0 Å². The highest BCUT2D eigenvalue weighted by Crippen LogP contribution is 2.48. The zero-order chi connectivity index (χ0) is 15.4. The Bertz CT molecular complexity index is 610. The predicted octanol–water partition coefficient (Wildman–Crippen LogP) is 3.46. The highest BCUT2D eigenvalue weighted by molar-refractivity contribution is 6.03. The second-order valence-electron chi connectivity index (χ2n) is 7.62. The van der Waals surface area contributed by atoms with Gasteiger partial charge in [0.15, 0.2) is 5.78 Å². The molecule has 3 aliphatic rings. The topological polar surface area (TPSA) is 29.5 Å². The summed E-state index contributed by atoms with van der Waals surface area (Å²) in [5.74, 6) is 1.17. The van der Waals surface area contributed by atoms with E-state index in [4.69, 9.17) is 4.74 Å². The molecule has 1 aliphatic heterocycles. The lowest BCUT2D eigenvalue weighted by Crippen LogP contribution is -2.49. The molecule has 1 heterocycles. The molecule has 1 spiro atoms. The van der Waals surface area contributed by atoms with Crippen molar-refractivity contribution >= 4 is 5.78 Å². The maximum atomic E-state index is 13.2. The standard InChI is InChI=1S/C19H25NO2/c1-18(7-8-18)20-11-9-19(10-12-20)6-5-14-3-4-15(22-2)13-16(14)17(19)21/h3-4,13H,5-12H2,1-2H3. The van der Waals surface area contributed by atoms with E-state index in [1.807, 2.05) is 12.1 Å². The number of hydrogen-bond donors (Lipinski definition) is 0. The number of carbonyl (C=O) groups excluding carboxylic acids is 1. The van der Waals surface area contributed by atoms with Crippen LogP contribution in [-0.2, 0) is 6.42 Å². The third-order valence-corrected chi connectivity index (χ3v) is 6.37. The van der Waals surface area contributed by atoms with E-state index in [0.717, 1.165) is 50.1 Å². The zero-order valence-corrected chi connectivity index (χ0v) is 13.7. The monoisotopic (exact) mass is 299 g/mol. The van der Waals surface area contributed by atoms with Crippen LogP contribution in [0, 0.1) is 5.41 Å². The second-order valence-corrected chi connectivity index (χ2v) is 7.62. The molecule has 0 atom stereocenters. The summed E-state index contributed by atoms with van der Waals surface area (Å²) in [5.41, 5.74) is 2.45. The lowest BCUT2D eigenvalue weighted by atomic mass is 9.65. The molecule has 3 heteroatoms. The van der Waals surface area contributed by atoms with Gasteiger partial charge in [-0.15, -0.1) is 0 Å². The molecule has 4 rings (SSSR count). The fraction of sp³-hybridized carbons (Fsp3) is 0.632. The summed E-state index contributed by atoms with van der Waals surface area (Å²) < 4.78 is 5.31. The van der Waals surface area contributed by atoms with Crippen molar-refractivity contribution in [2.75, 3.05) is 20.2 Å². The number of piperidine rings is 1. The van der Waals surface area contributed by atoms with Crippen molar-refractivity contribution in [3.05, 3.63) is 29.3 Å². The Morgan fingerprint density at radius 3 is 2.45 bits per heavy atom. The maximum absolute atomic E-state index is 13.2. The van der Waals surface area contributed by atoms with Gasteiger partial charge in [-0.3, -0.25) is 9.69 Å². The van der Waals surface area contributed by atoms with Gasteiger partial charge in [0.2, 0.25) is 0 Å². The summed E-state index contributed by atoms with van der Waals surface area (Å²) in [7, 11) is 1.67. The van der Waals surface area contributed by atoms with E-state index in [0.29, 0.717) is 11.3 Å². The van der Waals surface area contributed by atoms with Crippen molar-refractivity contribution in [2.24, 2.45) is 5.41 Å². The van der Waals surface area contributed by atoms with Gasteiger partial charge >= 0.3 is 0 Å². The third-order valence-electron chi connectivity index (χ3n) is 6.37. The van der Waals surface area contributed by atoms with Crippen molar-refractivity contribution in [1.29, 1.82) is 0 Å². The van der Waals surface area contributed by atoms with E-state index in [9.17, 15) is 4.79 Å². The molecule has 2 aliphatic carbocycles. The molecule has 0 unspecified atom stereocenters. The van der Waals surface area contributed by atoms with Gasteiger partial charge in [0.25, 0.3) is 0 Å². The molecule has 0 bridgehead atoms. The van der Waals surface area contributed by atoms with E-state index in [1.54, 1.807) is 7.11 Å². The molecule has 1 saturated carbocycles. The van der Waals surface area contributed by atoms with Crippen molar-refractivity contribution in [2.45, 2.75) is 51.0 Å². The smallest absolute Gasteiger partial charge is 0.169 e. The maximum Gasteiger partial charge on any atom is 0.169 e. The normalized spacial score (nSPS) is 25.8. The van der Waals surface area contributed by atoms with E-state index in [2.05, 4.69) is 17.9 Å². The summed E-state index contributed by atoms with van der Waals surface area (Å²) in [5, 5.41) is 0. The van der Waals surface area contributed by atoms with Crippen LogP contribution in [0.25, 0.3) is 0 Å². The van der Waals surface area contributed by atoms with E-state index in [-0.39, 0.29) is 5.41 Å². The number of benzene rings is 1. The van der Waals surface area contributed by atoms with E-state index in [1.165, 1.54) is 18.4 Å². The van der Waals surface area contributed by atoms with Crippen LogP contribution in [-0.4, -0.2) is 36.4 Å². The first-order valence-electron chi connectivity index (χ1n) is 8.53. The number of Topliss-reactive ketones (excluding diaryl/α,β-unsaturated/α-hetero) is 1. The van der Waals surface area contributed by atoms with Crippen LogP contribution < -0.4 is 4.74 Å². The van der Waals surface area contributed by atoms with Crippen LogP contribution in [0.2, 0.25) is 0 Å².